The summed E-state index contributed by atoms with van der Waals surface area (Å²) in [6, 6.07) is 10.5. The summed E-state index contributed by atoms with van der Waals surface area (Å²) in [7, 11) is 3.14. The van der Waals surface area contributed by atoms with E-state index in [0.717, 1.165) is 0 Å². The van der Waals surface area contributed by atoms with Crippen molar-refractivity contribution in [2.45, 2.75) is 0 Å². The first-order valence-corrected chi connectivity index (χ1v) is 8.68. The van der Waals surface area contributed by atoms with E-state index >= 15 is 0 Å². The zero-order valence-electron chi connectivity index (χ0n) is 15.8. The van der Waals surface area contributed by atoms with Crippen molar-refractivity contribution in [3.05, 3.63) is 54.4 Å². The Labute approximate surface area is 166 Å². The van der Waals surface area contributed by atoms with E-state index in [2.05, 4.69) is 20.6 Å². The van der Waals surface area contributed by atoms with Gasteiger partial charge in [0.2, 0.25) is 12.7 Å². The number of nitrogens with zero attached hydrogens (tertiary/aromatic N) is 2. The minimum absolute atomic E-state index is 0.175. The molecule has 0 radical (unpaired) electrons. The topological polar surface area (TPSA) is 104 Å². The number of hydrogen-bond donors (Lipinski definition) is 2. The van der Waals surface area contributed by atoms with Crippen molar-refractivity contribution < 1.29 is 23.7 Å². The summed E-state index contributed by atoms with van der Waals surface area (Å²) in [5.41, 5.74) is 1.57. The average molecular weight is 394 g/mol. The summed E-state index contributed by atoms with van der Waals surface area (Å²) in [4.78, 5) is 20.8. The molecule has 1 aromatic heterocycles. The van der Waals surface area contributed by atoms with Gasteiger partial charge in [-0.25, -0.2) is 9.97 Å². The highest BCUT2D eigenvalue weighted by molar-refractivity contribution is 6.04. The molecule has 4 rings (SSSR count). The molecule has 9 heteroatoms. The minimum Gasteiger partial charge on any atom is -0.497 e. The lowest BCUT2D eigenvalue weighted by Gasteiger charge is -2.11. The van der Waals surface area contributed by atoms with E-state index in [1.807, 2.05) is 0 Å². The molecule has 0 saturated heterocycles. The molecule has 29 heavy (non-hydrogen) atoms. The lowest BCUT2D eigenvalue weighted by Crippen LogP contribution is -2.13. The summed E-state index contributed by atoms with van der Waals surface area (Å²) in [5.74, 6) is 2.48. The fourth-order valence-corrected chi connectivity index (χ4v) is 2.71. The Hall–Kier alpha value is -4.01. The van der Waals surface area contributed by atoms with E-state index in [1.165, 1.54) is 12.4 Å². The van der Waals surface area contributed by atoms with Gasteiger partial charge in [-0.2, -0.15) is 0 Å². The number of hydrogen-bond acceptors (Lipinski definition) is 8. The molecule has 0 spiro atoms. The molecule has 1 aliphatic rings. The van der Waals surface area contributed by atoms with E-state index < -0.39 is 0 Å². The van der Waals surface area contributed by atoms with Crippen molar-refractivity contribution in [3.8, 4) is 23.0 Å². The van der Waals surface area contributed by atoms with Gasteiger partial charge in [0.05, 0.1) is 25.5 Å². The van der Waals surface area contributed by atoms with Crippen molar-refractivity contribution in [3.63, 3.8) is 0 Å². The number of benzene rings is 2. The van der Waals surface area contributed by atoms with Crippen LogP contribution in [-0.2, 0) is 0 Å². The Balaban J connectivity index is 1.44. The molecule has 3 aromatic rings. The third-order valence-corrected chi connectivity index (χ3v) is 4.20. The third-order valence-electron chi connectivity index (χ3n) is 4.20. The molecule has 2 heterocycles. The van der Waals surface area contributed by atoms with Crippen molar-refractivity contribution in [2.75, 3.05) is 31.6 Å². The van der Waals surface area contributed by atoms with E-state index in [4.69, 9.17) is 18.9 Å². The van der Waals surface area contributed by atoms with E-state index in [9.17, 15) is 4.79 Å². The van der Waals surface area contributed by atoms with Gasteiger partial charge >= 0.3 is 0 Å². The monoisotopic (exact) mass is 394 g/mol. The lowest BCUT2D eigenvalue weighted by atomic mass is 10.2. The van der Waals surface area contributed by atoms with Crippen LogP contribution in [0.5, 0.6) is 23.0 Å². The fourth-order valence-electron chi connectivity index (χ4n) is 2.71. The molecule has 148 valence electrons. The van der Waals surface area contributed by atoms with Gasteiger partial charge in [0.1, 0.15) is 11.5 Å². The second kappa shape index (κ2) is 7.93. The van der Waals surface area contributed by atoms with Gasteiger partial charge in [-0.05, 0) is 24.3 Å². The minimum atomic E-state index is -0.336. The van der Waals surface area contributed by atoms with Crippen molar-refractivity contribution in [1.82, 2.24) is 9.97 Å². The van der Waals surface area contributed by atoms with Crippen LogP contribution in [0.3, 0.4) is 0 Å². The number of carbonyl (C=O) groups is 1. The second-order valence-corrected chi connectivity index (χ2v) is 6.01. The molecule has 2 aromatic carbocycles. The molecule has 0 bridgehead atoms. The highest BCUT2D eigenvalue weighted by Crippen LogP contribution is 2.34. The quantitative estimate of drug-likeness (QED) is 0.657. The Morgan fingerprint density at radius 1 is 1.00 bits per heavy atom. The van der Waals surface area contributed by atoms with Gasteiger partial charge in [0.15, 0.2) is 11.5 Å². The Kier molecular flexibility index (Phi) is 5.02. The average Bonchev–Trinajstić information content (AvgIpc) is 3.22. The van der Waals surface area contributed by atoms with Gasteiger partial charge in [-0.3, -0.25) is 4.79 Å². The smallest absolute Gasteiger partial charge is 0.258 e. The summed E-state index contributed by atoms with van der Waals surface area (Å²) in [6.07, 6.45) is 2.88. The maximum atomic E-state index is 12.4. The Bertz CT molecular complexity index is 1040. The van der Waals surface area contributed by atoms with E-state index in [1.54, 1.807) is 50.6 Å². The lowest BCUT2D eigenvalue weighted by molar-refractivity contribution is 0.102. The number of amides is 1. The molecule has 0 fully saturated rings. The van der Waals surface area contributed by atoms with Crippen LogP contribution < -0.4 is 29.6 Å². The highest BCUT2D eigenvalue weighted by Gasteiger charge is 2.15. The number of aromatic nitrogens is 2. The zero-order chi connectivity index (χ0) is 20.2. The molecule has 0 atom stereocenters. The molecule has 0 saturated carbocycles. The number of carbonyl (C=O) groups excluding carboxylic acids is 1. The third kappa shape index (κ3) is 3.98. The van der Waals surface area contributed by atoms with Crippen molar-refractivity contribution >= 4 is 23.2 Å². The second-order valence-electron chi connectivity index (χ2n) is 6.01. The van der Waals surface area contributed by atoms with Crippen LogP contribution in [0.4, 0.5) is 17.3 Å². The molecule has 1 amide bonds. The predicted molar refractivity (Wildman–Crippen MR) is 105 cm³/mol. The van der Waals surface area contributed by atoms with Crippen LogP contribution in [0.1, 0.15) is 10.4 Å². The fraction of sp³-hybridized carbons (Fsp3) is 0.150. The standard InChI is InChI=1S/C20H18N4O5/c1-26-14-4-5-15(17(8-14)27-2)24-20-21-9-12(10-22-20)19(25)23-13-3-6-16-18(7-13)29-11-28-16/h3-10H,11H2,1-2H3,(H,23,25)(H,21,22,24). The molecule has 2 N–H and O–H groups in total. The van der Waals surface area contributed by atoms with Crippen LogP contribution in [0.25, 0.3) is 0 Å². The first-order valence-electron chi connectivity index (χ1n) is 8.68. The van der Waals surface area contributed by atoms with Crippen LogP contribution in [0.15, 0.2) is 48.8 Å². The maximum absolute atomic E-state index is 12.4. The number of methoxy groups -OCH3 is 2. The van der Waals surface area contributed by atoms with Gasteiger partial charge < -0.3 is 29.6 Å². The molecule has 9 nitrogen and oxygen atoms in total. The van der Waals surface area contributed by atoms with Crippen LogP contribution in [-0.4, -0.2) is 36.9 Å². The van der Waals surface area contributed by atoms with Crippen LogP contribution in [0.2, 0.25) is 0 Å². The normalized spacial score (nSPS) is 11.7. The SMILES string of the molecule is COc1ccc(Nc2ncc(C(=O)Nc3ccc4c(c3)OCO4)cn2)c(OC)c1. The molecular weight excluding hydrogens is 376 g/mol. The Morgan fingerprint density at radius 3 is 2.55 bits per heavy atom. The summed E-state index contributed by atoms with van der Waals surface area (Å²) >= 11 is 0. The summed E-state index contributed by atoms with van der Waals surface area (Å²) < 4.78 is 21.1. The first kappa shape index (κ1) is 18.4. The van der Waals surface area contributed by atoms with Crippen LogP contribution >= 0.6 is 0 Å². The van der Waals surface area contributed by atoms with Gasteiger partial charge in [0, 0.05) is 30.2 Å². The number of fused-ring (bicyclic) bond motifs is 1. The first-order chi connectivity index (χ1) is 14.2. The van der Waals surface area contributed by atoms with Gasteiger partial charge in [-0.15, -0.1) is 0 Å². The molecule has 1 aliphatic heterocycles. The molecule has 0 aliphatic carbocycles. The maximum Gasteiger partial charge on any atom is 0.258 e. The molecular formula is C20H18N4O5. The van der Waals surface area contributed by atoms with E-state index in [-0.39, 0.29) is 12.7 Å². The van der Waals surface area contributed by atoms with Crippen molar-refractivity contribution in [2.24, 2.45) is 0 Å². The predicted octanol–water partition coefficient (Wildman–Crippen LogP) is 3.22. The van der Waals surface area contributed by atoms with Gasteiger partial charge in [-0.1, -0.05) is 0 Å². The summed E-state index contributed by atoms with van der Waals surface area (Å²) in [6.45, 7) is 0.175. The number of rotatable bonds is 6. The zero-order valence-corrected chi connectivity index (χ0v) is 15.8. The van der Waals surface area contributed by atoms with Crippen molar-refractivity contribution in [1.29, 1.82) is 0 Å². The summed E-state index contributed by atoms with van der Waals surface area (Å²) in [5, 5.41) is 5.83. The van der Waals surface area contributed by atoms with Crippen LogP contribution in [0, 0.1) is 0 Å². The molecule has 0 unspecified atom stereocenters. The largest absolute Gasteiger partial charge is 0.497 e. The highest BCUT2D eigenvalue weighted by atomic mass is 16.7. The number of nitrogens with one attached hydrogen (secondary N) is 2. The Morgan fingerprint density at radius 2 is 1.79 bits per heavy atom. The van der Waals surface area contributed by atoms with E-state index in [0.29, 0.717) is 45.9 Å². The van der Waals surface area contributed by atoms with Gasteiger partial charge in [0.25, 0.3) is 5.91 Å². The number of ether oxygens (including phenoxy) is 4. The number of anilines is 3.